The molecular weight excluding hydrogens is 650 g/mol. The van der Waals surface area contributed by atoms with Crippen LogP contribution in [0, 0.1) is 23.7 Å². The van der Waals surface area contributed by atoms with Gasteiger partial charge in [0.1, 0.15) is 24.1 Å². The summed E-state index contributed by atoms with van der Waals surface area (Å²) in [6, 6.07) is -0.293. The summed E-state index contributed by atoms with van der Waals surface area (Å²) in [6.07, 6.45) is -7.44. The summed E-state index contributed by atoms with van der Waals surface area (Å²) in [5, 5.41) is 45.9. The van der Waals surface area contributed by atoms with Crippen LogP contribution >= 0.6 is 0 Å². The number of ether oxygens (including phenoxy) is 6. The van der Waals surface area contributed by atoms with Crippen LogP contribution in [0.4, 0.5) is 0 Å². The Labute approximate surface area is 299 Å². The van der Waals surface area contributed by atoms with Crippen molar-refractivity contribution < 1.29 is 58.4 Å². The molecule has 3 aliphatic rings. The first-order valence-electron chi connectivity index (χ1n) is 18.5. The van der Waals surface area contributed by atoms with E-state index >= 15 is 0 Å². The third kappa shape index (κ3) is 9.83. The normalized spacial score (nSPS) is 47.5. The lowest BCUT2D eigenvalue weighted by Crippen LogP contribution is -2.60. The molecule has 13 nitrogen and oxygen atoms in total. The average molecular weight is 718 g/mol. The molecule has 0 aromatic rings. The van der Waals surface area contributed by atoms with E-state index in [2.05, 4.69) is 0 Å². The second kappa shape index (κ2) is 17.7. The van der Waals surface area contributed by atoms with Gasteiger partial charge in [-0.3, -0.25) is 9.59 Å². The van der Waals surface area contributed by atoms with E-state index in [1.54, 1.807) is 41.5 Å². The predicted molar refractivity (Wildman–Crippen MR) is 185 cm³/mol. The summed E-state index contributed by atoms with van der Waals surface area (Å²) in [5.74, 6) is -3.66. The molecule has 3 aliphatic heterocycles. The number of aliphatic hydroxyl groups excluding tert-OH is 3. The van der Waals surface area contributed by atoms with Crippen LogP contribution in [0.15, 0.2) is 0 Å². The van der Waals surface area contributed by atoms with Crippen molar-refractivity contribution >= 4 is 11.8 Å². The van der Waals surface area contributed by atoms with Crippen molar-refractivity contribution in [2.45, 2.75) is 179 Å². The fourth-order valence-electron chi connectivity index (χ4n) is 8.33. The lowest BCUT2D eigenvalue weighted by atomic mass is 9.76. The van der Waals surface area contributed by atoms with Crippen LogP contribution in [0.5, 0.6) is 0 Å². The zero-order valence-corrected chi connectivity index (χ0v) is 32.4. The second-order valence-corrected chi connectivity index (χ2v) is 16.0. The second-order valence-electron chi connectivity index (χ2n) is 16.0. The predicted octanol–water partition coefficient (Wildman–Crippen LogP) is 2.81. The molecule has 0 aromatic heterocycles. The Morgan fingerprint density at radius 3 is 2.14 bits per heavy atom. The number of hydrogen-bond donors (Lipinski definition) is 4. The third-order valence-corrected chi connectivity index (χ3v) is 11.6. The lowest BCUT2D eigenvalue weighted by Gasteiger charge is -2.48. The van der Waals surface area contributed by atoms with Gasteiger partial charge in [0.05, 0.1) is 47.6 Å². The fourth-order valence-corrected chi connectivity index (χ4v) is 8.33. The summed E-state index contributed by atoms with van der Waals surface area (Å²) >= 11 is 0. The summed E-state index contributed by atoms with van der Waals surface area (Å²) in [5.41, 5.74) is -2.72. The molecule has 3 fully saturated rings. The number of ketones is 1. The van der Waals surface area contributed by atoms with Gasteiger partial charge in [0, 0.05) is 43.7 Å². The molecule has 292 valence electrons. The quantitative estimate of drug-likeness (QED) is 0.270. The number of nitrogens with zero attached hydrogens (tertiary/aromatic N) is 1. The molecule has 4 N–H and O–H groups in total. The number of hydrogen-bond acceptors (Lipinski definition) is 13. The van der Waals surface area contributed by atoms with Gasteiger partial charge < -0.3 is 53.7 Å². The van der Waals surface area contributed by atoms with Crippen molar-refractivity contribution in [2.75, 3.05) is 21.2 Å². The summed E-state index contributed by atoms with van der Waals surface area (Å²) < 4.78 is 37.4. The van der Waals surface area contributed by atoms with Crippen molar-refractivity contribution in [1.82, 2.24) is 4.90 Å². The molecule has 0 bridgehead atoms. The van der Waals surface area contributed by atoms with E-state index in [1.165, 1.54) is 7.11 Å². The molecule has 13 heteroatoms. The molecule has 0 unspecified atom stereocenters. The number of aliphatic hydroxyl groups is 4. The Hall–Kier alpha value is -1.26. The van der Waals surface area contributed by atoms with Gasteiger partial charge >= 0.3 is 5.97 Å². The maximum atomic E-state index is 14.1. The number of rotatable bonds is 8. The zero-order valence-electron chi connectivity index (χ0n) is 32.4. The van der Waals surface area contributed by atoms with Crippen LogP contribution in [0.25, 0.3) is 0 Å². The van der Waals surface area contributed by atoms with Gasteiger partial charge in [0.2, 0.25) is 0 Å². The van der Waals surface area contributed by atoms with Gasteiger partial charge in [-0.1, -0.05) is 27.7 Å². The zero-order chi connectivity index (χ0) is 37.9. The minimum atomic E-state index is -1.71. The van der Waals surface area contributed by atoms with E-state index in [1.807, 2.05) is 39.8 Å². The van der Waals surface area contributed by atoms with E-state index in [9.17, 15) is 30.0 Å². The van der Waals surface area contributed by atoms with Crippen LogP contribution in [0.2, 0.25) is 0 Å². The molecule has 0 spiro atoms. The largest absolute Gasteiger partial charge is 0.462 e. The monoisotopic (exact) mass is 717 g/mol. The van der Waals surface area contributed by atoms with Crippen LogP contribution in [0.3, 0.4) is 0 Å². The first-order valence-corrected chi connectivity index (χ1v) is 18.5. The smallest absolute Gasteiger partial charge is 0.311 e. The number of methoxy groups -OCH3 is 1. The van der Waals surface area contributed by atoms with Crippen molar-refractivity contribution in [3.05, 3.63) is 0 Å². The molecule has 0 radical (unpaired) electrons. The highest BCUT2D eigenvalue weighted by Gasteiger charge is 2.52. The number of carbonyl (C=O) groups is 2. The number of esters is 1. The first kappa shape index (κ1) is 43.1. The van der Waals surface area contributed by atoms with Crippen LogP contribution in [-0.2, 0) is 38.0 Å². The van der Waals surface area contributed by atoms with E-state index in [4.69, 9.17) is 28.4 Å². The van der Waals surface area contributed by atoms with Crippen LogP contribution in [0.1, 0.15) is 101 Å². The van der Waals surface area contributed by atoms with Crippen molar-refractivity contribution in [3.63, 3.8) is 0 Å². The summed E-state index contributed by atoms with van der Waals surface area (Å²) in [6.45, 7) is 15.9. The third-order valence-electron chi connectivity index (χ3n) is 11.6. The maximum Gasteiger partial charge on any atom is 0.311 e. The van der Waals surface area contributed by atoms with E-state index in [-0.39, 0.29) is 37.2 Å². The van der Waals surface area contributed by atoms with Crippen molar-refractivity contribution in [3.8, 4) is 0 Å². The number of cyclic esters (lactones) is 1. The highest BCUT2D eigenvalue weighted by Crippen LogP contribution is 2.40. The van der Waals surface area contributed by atoms with Crippen molar-refractivity contribution in [2.24, 2.45) is 23.7 Å². The van der Waals surface area contributed by atoms with Crippen LogP contribution in [-0.4, -0.2) is 137 Å². The molecule has 0 aliphatic carbocycles. The fraction of sp³-hybridized carbons (Fsp3) is 0.946. The Morgan fingerprint density at radius 1 is 0.940 bits per heavy atom. The Balaban J connectivity index is 2.15. The molecule has 0 saturated carbocycles. The molecule has 17 atom stereocenters. The molecule has 3 rings (SSSR count). The first-order chi connectivity index (χ1) is 23.2. The molecule has 50 heavy (non-hydrogen) atoms. The number of carbonyl (C=O) groups excluding carboxylic acids is 2. The highest BCUT2D eigenvalue weighted by molar-refractivity contribution is 5.81. The van der Waals surface area contributed by atoms with E-state index < -0.39 is 96.2 Å². The van der Waals surface area contributed by atoms with Crippen LogP contribution < -0.4 is 0 Å². The summed E-state index contributed by atoms with van der Waals surface area (Å²) in [7, 11) is 5.24. The Morgan fingerprint density at radius 2 is 1.58 bits per heavy atom. The molecule has 0 amide bonds. The average Bonchev–Trinajstić information content (AvgIpc) is 3.04. The van der Waals surface area contributed by atoms with Gasteiger partial charge in [-0.25, -0.2) is 0 Å². The van der Waals surface area contributed by atoms with Gasteiger partial charge in [-0.05, 0) is 74.4 Å². The SMILES string of the molecule is CC[C@@H]1[C@H](O)CC(=O)[C@H](C)C[C@@](C)(O)[C@H](O[C@@H]2O[C@H](C)C[C@H](N(C)C)[C@H]2O)[C@@H](C)[C@H](O[C@H]2C[C@@](C)(OC)[C@@H](O)[C@H](C)O2)[C@@H](C)C(=O)O[C@@H]1CC. The van der Waals surface area contributed by atoms with Gasteiger partial charge in [0.25, 0.3) is 0 Å². The molecule has 0 aromatic carbocycles. The standard InChI is InChI=1S/C37H67NO12/c1-13-24-27(40)16-26(39)19(3)17-36(8,44)33(50-35-30(41)25(38(10)11)15-20(4)46-35)21(5)31(22(6)34(43)48-28(24)14-2)49-29-18-37(9,45-12)32(42)23(7)47-29/h19-25,27-33,35,40-42,44H,13-18H2,1-12H3/t19-,20-,21+,22-,23+,24-,25+,27-,28-,29+,30-,31+,32+,33-,35+,36-,37-/m1/s1. The highest BCUT2D eigenvalue weighted by atomic mass is 16.7. The Kier molecular flexibility index (Phi) is 15.3. The number of likely N-dealkylation sites (N-methyl/N-ethyl adjacent to an activating group) is 1. The van der Waals surface area contributed by atoms with E-state index in [0.29, 0.717) is 19.3 Å². The minimum absolute atomic E-state index is 0.0342. The van der Waals surface area contributed by atoms with Gasteiger partial charge in [0.15, 0.2) is 12.6 Å². The topological polar surface area (TPSA) is 174 Å². The molecule has 3 heterocycles. The lowest BCUT2D eigenvalue weighted by molar-refractivity contribution is -0.317. The maximum absolute atomic E-state index is 14.1. The minimum Gasteiger partial charge on any atom is -0.462 e. The Bertz CT molecular complexity index is 1110. The molecule has 3 saturated heterocycles. The summed E-state index contributed by atoms with van der Waals surface area (Å²) in [4.78, 5) is 29.5. The number of Topliss-reactive ketones (excluding diaryl/α,β-unsaturated/α-hetero) is 1. The molecular formula is C37H67NO12. The van der Waals surface area contributed by atoms with Crippen molar-refractivity contribution in [1.29, 1.82) is 0 Å². The van der Waals surface area contributed by atoms with E-state index in [0.717, 1.165) is 0 Å². The van der Waals surface area contributed by atoms with Gasteiger partial charge in [-0.15, -0.1) is 0 Å². The van der Waals surface area contributed by atoms with Gasteiger partial charge in [-0.2, -0.15) is 0 Å².